The summed E-state index contributed by atoms with van der Waals surface area (Å²) in [5, 5.41) is 9.23. The molecule has 3 nitrogen and oxygen atoms in total. The maximum Gasteiger partial charge on any atom is 0.0834 e. The molecule has 0 radical (unpaired) electrons. The molecule has 3 heteroatoms. The van der Waals surface area contributed by atoms with Crippen LogP contribution < -0.4 is 0 Å². The summed E-state index contributed by atoms with van der Waals surface area (Å²) in [6, 6.07) is 10.2. The maximum atomic E-state index is 9.23. The van der Waals surface area contributed by atoms with Crippen molar-refractivity contribution in [2.24, 2.45) is 0 Å². The van der Waals surface area contributed by atoms with Crippen molar-refractivity contribution in [3.63, 3.8) is 0 Å². The molecule has 0 spiro atoms. The Kier molecular flexibility index (Phi) is 19.3. The van der Waals surface area contributed by atoms with E-state index < -0.39 is 0 Å². The van der Waals surface area contributed by atoms with E-state index in [9.17, 15) is 5.11 Å². The van der Waals surface area contributed by atoms with Gasteiger partial charge in [-0.1, -0.05) is 121 Å². The molecule has 0 amide bonds. The quantitative estimate of drug-likeness (QED) is 0.198. The Balaban J connectivity index is 1.86. The molecular formula is C27H48O3. The number of ether oxygens (including phenoxy) is 2. The molecule has 0 bridgehead atoms. The van der Waals surface area contributed by atoms with Crippen LogP contribution in [0.2, 0.25) is 0 Å². The second-order valence-corrected chi connectivity index (χ2v) is 8.60. The first kappa shape index (κ1) is 27.1. The number of aliphatic hydroxyl groups excluding tert-OH is 1. The molecule has 0 aliphatic rings. The molecule has 0 fully saturated rings. The van der Waals surface area contributed by atoms with Gasteiger partial charge in [-0.2, -0.15) is 0 Å². The van der Waals surface area contributed by atoms with Crippen LogP contribution in [0, 0.1) is 0 Å². The van der Waals surface area contributed by atoms with E-state index in [0.29, 0.717) is 19.6 Å². The van der Waals surface area contributed by atoms with Crippen molar-refractivity contribution in [1.29, 1.82) is 0 Å². The van der Waals surface area contributed by atoms with Gasteiger partial charge < -0.3 is 14.6 Å². The summed E-state index contributed by atoms with van der Waals surface area (Å²) in [6.07, 6.45) is 19.8. The number of hydrogen-bond donors (Lipinski definition) is 1. The lowest BCUT2D eigenvalue weighted by Crippen LogP contribution is -2.21. The molecule has 1 aromatic rings. The Labute approximate surface area is 186 Å². The summed E-state index contributed by atoms with van der Waals surface area (Å²) in [5.74, 6) is 0. The molecule has 30 heavy (non-hydrogen) atoms. The van der Waals surface area contributed by atoms with E-state index in [1.54, 1.807) is 0 Å². The lowest BCUT2D eigenvalue weighted by atomic mass is 10.0. The van der Waals surface area contributed by atoms with Crippen LogP contribution in [0.15, 0.2) is 30.3 Å². The highest BCUT2D eigenvalue weighted by atomic mass is 16.5. The largest absolute Gasteiger partial charge is 0.396 e. The molecule has 1 aromatic carbocycles. The molecule has 1 unspecified atom stereocenters. The second kappa shape index (κ2) is 21.3. The third-order valence-corrected chi connectivity index (χ3v) is 5.73. The van der Waals surface area contributed by atoms with Crippen LogP contribution in [0.5, 0.6) is 0 Å². The number of rotatable bonds is 22. The Hall–Kier alpha value is -0.900. The van der Waals surface area contributed by atoms with Crippen molar-refractivity contribution in [2.45, 2.75) is 116 Å². The van der Waals surface area contributed by atoms with E-state index in [4.69, 9.17) is 9.47 Å². The van der Waals surface area contributed by atoms with Crippen LogP contribution >= 0.6 is 0 Å². The number of hydrogen-bond acceptors (Lipinski definition) is 3. The number of aliphatic hydroxyl groups is 1. The van der Waals surface area contributed by atoms with Gasteiger partial charge in [-0.3, -0.25) is 0 Å². The highest BCUT2D eigenvalue weighted by molar-refractivity contribution is 5.13. The van der Waals surface area contributed by atoms with Crippen molar-refractivity contribution in [2.75, 3.05) is 19.8 Å². The summed E-state index contributed by atoms with van der Waals surface area (Å²) in [7, 11) is 0. The predicted octanol–water partition coefficient (Wildman–Crippen LogP) is 7.45. The molecule has 0 aromatic heterocycles. The summed E-state index contributed by atoms with van der Waals surface area (Å²) in [4.78, 5) is 0. The summed E-state index contributed by atoms with van der Waals surface area (Å²) in [6.45, 7) is 4.38. The molecule has 0 aliphatic heterocycles. The SMILES string of the molecule is CCCCCCCCCCCCCCCCOCC(CCO)OCc1ccccc1. The zero-order chi connectivity index (χ0) is 21.5. The minimum atomic E-state index is -0.0261. The summed E-state index contributed by atoms with van der Waals surface area (Å²) < 4.78 is 11.7. The molecule has 0 saturated carbocycles. The van der Waals surface area contributed by atoms with Gasteiger partial charge in [0.15, 0.2) is 0 Å². The van der Waals surface area contributed by atoms with Crippen molar-refractivity contribution in [1.82, 2.24) is 0 Å². The zero-order valence-corrected chi connectivity index (χ0v) is 19.7. The van der Waals surface area contributed by atoms with Crippen molar-refractivity contribution in [3.05, 3.63) is 35.9 Å². The molecule has 0 heterocycles. The highest BCUT2D eigenvalue weighted by Crippen LogP contribution is 2.13. The van der Waals surface area contributed by atoms with Gasteiger partial charge in [-0.25, -0.2) is 0 Å². The topological polar surface area (TPSA) is 38.7 Å². The van der Waals surface area contributed by atoms with E-state index in [1.807, 2.05) is 18.2 Å². The first-order valence-corrected chi connectivity index (χ1v) is 12.7. The van der Waals surface area contributed by atoms with Crippen LogP contribution in [-0.4, -0.2) is 31.0 Å². The van der Waals surface area contributed by atoms with Crippen LogP contribution in [-0.2, 0) is 16.1 Å². The Morgan fingerprint density at radius 1 is 0.733 bits per heavy atom. The zero-order valence-electron chi connectivity index (χ0n) is 19.7. The van der Waals surface area contributed by atoms with Crippen molar-refractivity contribution in [3.8, 4) is 0 Å². The minimum Gasteiger partial charge on any atom is -0.396 e. The minimum absolute atomic E-state index is 0.0261. The standard InChI is InChI=1S/C27H48O3/c1-2-3-4-5-6-7-8-9-10-11-12-13-14-18-23-29-25-27(21-22-28)30-24-26-19-16-15-17-20-26/h15-17,19-20,27-28H,2-14,18,21-25H2,1H3. The normalized spacial score (nSPS) is 12.3. The molecule has 0 aliphatic carbocycles. The monoisotopic (exact) mass is 420 g/mol. The third kappa shape index (κ3) is 16.8. The lowest BCUT2D eigenvalue weighted by molar-refractivity contribution is -0.0355. The van der Waals surface area contributed by atoms with Crippen LogP contribution in [0.1, 0.15) is 109 Å². The second-order valence-electron chi connectivity index (χ2n) is 8.60. The van der Waals surface area contributed by atoms with E-state index in [1.165, 1.54) is 83.5 Å². The molecule has 174 valence electrons. The van der Waals surface area contributed by atoms with Gasteiger partial charge in [0.1, 0.15) is 0 Å². The molecular weight excluding hydrogens is 372 g/mol. The number of unbranched alkanes of at least 4 members (excludes halogenated alkanes) is 13. The van der Waals surface area contributed by atoms with Gasteiger partial charge in [-0.15, -0.1) is 0 Å². The first-order valence-electron chi connectivity index (χ1n) is 12.7. The van der Waals surface area contributed by atoms with E-state index in [-0.39, 0.29) is 12.7 Å². The van der Waals surface area contributed by atoms with Gasteiger partial charge in [0.05, 0.1) is 19.3 Å². The van der Waals surface area contributed by atoms with E-state index >= 15 is 0 Å². The van der Waals surface area contributed by atoms with Crippen molar-refractivity contribution < 1.29 is 14.6 Å². The third-order valence-electron chi connectivity index (χ3n) is 5.73. The van der Waals surface area contributed by atoms with Gasteiger partial charge in [0.2, 0.25) is 0 Å². The van der Waals surface area contributed by atoms with Gasteiger partial charge in [-0.05, 0) is 18.4 Å². The fraction of sp³-hybridized carbons (Fsp3) is 0.778. The predicted molar refractivity (Wildman–Crippen MR) is 128 cm³/mol. The smallest absolute Gasteiger partial charge is 0.0834 e. The van der Waals surface area contributed by atoms with Crippen LogP contribution in [0.25, 0.3) is 0 Å². The Morgan fingerprint density at radius 2 is 1.27 bits per heavy atom. The Morgan fingerprint density at radius 3 is 1.80 bits per heavy atom. The Bertz CT molecular complexity index is 449. The molecule has 1 atom stereocenters. The molecule has 0 saturated heterocycles. The summed E-state index contributed by atoms with van der Waals surface area (Å²) >= 11 is 0. The van der Waals surface area contributed by atoms with E-state index in [0.717, 1.165) is 18.6 Å². The average Bonchev–Trinajstić information content (AvgIpc) is 2.77. The first-order chi connectivity index (χ1) is 14.9. The van der Waals surface area contributed by atoms with Gasteiger partial charge in [0.25, 0.3) is 0 Å². The lowest BCUT2D eigenvalue weighted by Gasteiger charge is -2.17. The van der Waals surface area contributed by atoms with Gasteiger partial charge in [0, 0.05) is 13.2 Å². The summed E-state index contributed by atoms with van der Waals surface area (Å²) in [5.41, 5.74) is 1.16. The average molecular weight is 421 g/mol. The van der Waals surface area contributed by atoms with Crippen molar-refractivity contribution >= 4 is 0 Å². The van der Waals surface area contributed by atoms with E-state index in [2.05, 4.69) is 19.1 Å². The maximum absolute atomic E-state index is 9.23. The number of benzene rings is 1. The van der Waals surface area contributed by atoms with Crippen LogP contribution in [0.4, 0.5) is 0 Å². The van der Waals surface area contributed by atoms with Crippen LogP contribution in [0.3, 0.4) is 0 Å². The fourth-order valence-electron chi connectivity index (χ4n) is 3.76. The van der Waals surface area contributed by atoms with Gasteiger partial charge >= 0.3 is 0 Å². The highest BCUT2D eigenvalue weighted by Gasteiger charge is 2.09. The molecule has 1 rings (SSSR count). The fourth-order valence-corrected chi connectivity index (χ4v) is 3.76. The molecule has 1 N–H and O–H groups in total.